The smallest absolute Gasteiger partial charge is 0.250 e. The summed E-state index contributed by atoms with van der Waals surface area (Å²) in [5.41, 5.74) is 4.85. The molecular weight excluding hydrogens is 330 g/mol. The Morgan fingerprint density at radius 3 is 2.76 bits per heavy atom. The Kier molecular flexibility index (Phi) is 4.12. The van der Waals surface area contributed by atoms with Gasteiger partial charge in [0.25, 0.3) is 5.56 Å². The van der Waals surface area contributed by atoms with E-state index in [1.807, 2.05) is 10.6 Å². The first-order chi connectivity index (χ1) is 12.0. The second kappa shape index (κ2) is 6.30. The van der Waals surface area contributed by atoms with Crippen LogP contribution in [0.1, 0.15) is 29.2 Å². The number of fused-ring (bicyclic) bond motifs is 4. The van der Waals surface area contributed by atoms with Crippen LogP contribution in [0.15, 0.2) is 41.2 Å². The van der Waals surface area contributed by atoms with Crippen LogP contribution in [-0.4, -0.2) is 27.7 Å². The van der Waals surface area contributed by atoms with Gasteiger partial charge in [0.1, 0.15) is 0 Å². The van der Waals surface area contributed by atoms with Gasteiger partial charge in [0.05, 0.1) is 0 Å². The lowest BCUT2D eigenvalue weighted by atomic mass is 9.83. The zero-order valence-corrected chi connectivity index (χ0v) is 15.5. The first-order valence-corrected chi connectivity index (χ1v) is 9.25. The van der Waals surface area contributed by atoms with E-state index in [1.165, 1.54) is 11.1 Å². The van der Waals surface area contributed by atoms with E-state index >= 15 is 0 Å². The van der Waals surface area contributed by atoms with Crippen LogP contribution >= 0.6 is 12.2 Å². The van der Waals surface area contributed by atoms with Crippen molar-refractivity contribution in [1.82, 2.24) is 9.47 Å². The predicted octanol–water partition coefficient (Wildman–Crippen LogP) is 3.28. The molecule has 1 aromatic carbocycles. The maximum Gasteiger partial charge on any atom is 0.250 e. The highest BCUT2D eigenvalue weighted by Gasteiger charge is 2.35. The van der Waals surface area contributed by atoms with Crippen molar-refractivity contribution in [2.45, 2.75) is 32.7 Å². The Bertz CT molecular complexity index is 889. The molecule has 2 aliphatic heterocycles. The van der Waals surface area contributed by atoms with Crippen molar-refractivity contribution in [2.75, 3.05) is 18.4 Å². The number of pyridine rings is 1. The fraction of sp³-hybridized carbons (Fsp3) is 0.400. The van der Waals surface area contributed by atoms with Crippen LogP contribution in [0, 0.1) is 19.8 Å². The third kappa shape index (κ3) is 2.97. The zero-order valence-electron chi connectivity index (χ0n) is 14.7. The molecule has 1 fully saturated rings. The van der Waals surface area contributed by atoms with Gasteiger partial charge in [-0.1, -0.05) is 18.2 Å². The number of hydrogen-bond donors (Lipinski definition) is 1. The summed E-state index contributed by atoms with van der Waals surface area (Å²) < 4.78 is 1.96. The highest BCUT2D eigenvalue weighted by molar-refractivity contribution is 7.80. The maximum absolute atomic E-state index is 12.1. The highest BCUT2D eigenvalue weighted by Crippen LogP contribution is 2.35. The predicted molar refractivity (Wildman–Crippen MR) is 105 cm³/mol. The molecule has 0 aliphatic carbocycles. The van der Waals surface area contributed by atoms with Crippen molar-refractivity contribution in [1.29, 1.82) is 0 Å². The van der Waals surface area contributed by atoms with Crippen molar-refractivity contribution >= 4 is 23.0 Å². The van der Waals surface area contributed by atoms with E-state index in [-0.39, 0.29) is 5.56 Å². The molecule has 25 heavy (non-hydrogen) atoms. The fourth-order valence-electron chi connectivity index (χ4n) is 4.14. The van der Waals surface area contributed by atoms with Gasteiger partial charge in [-0.25, -0.2) is 0 Å². The first-order valence-electron chi connectivity index (χ1n) is 8.85. The average Bonchev–Trinajstić information content (AvgIpc) is 2.60. The SMILES string of the molecule is Cc1cccc(NC(=S)N2C[C@H]3C[C@@H](C2)c2cccc(=O)n2C3)c1C. The number of anilines is 1. The number of thiocarbonyl (C=S) groups is 1. The van der Waals surface area contributed by atoms with Crippen molar-refractivity contribution in [3.8, 4) is 0 Å². The lowest BCUT2D eigenvalue weighted by molar-refractivity contribution is 0.180. The Hall–Kier alpha value is -2.14. The highest BCUT2D eigenvalue weighted by atomic mass is 32.1. The minimum Gasteiger partial charge on any atom is -0.348 e. The Balaban J connectivity index is 1.55. The second-order valence-electron chi connectivity index (χ2n) is 7.28. The van der Waals surface area contributed by atoms with Gasteiger partial charge in [0, 0.05) is 43.0 Å². The van der Waals surface area contributed by atoms with Crippen molar-refractivity contribution < 1.29 is 0 Å². The minimum atomic E-state index is 0.122. The Morgan fingerprint density at radius 1 is 1.12 bits per heavy atom. The molecular formula is C20H23N3OS. The van der Waals surface area contributed by atoms with Gasteiger partial charge in [0.2, 0.25) is 0 Å². The lowest BCUT2D eigenvalue weighted by Crippen LogP contribution is -2.50. The number of aromatic nitrogens is 1. The number of rotatable bonds is 1. The molecule has 1 aromatic heterocycles. The quantitative estimate of drug-likeness (QED) is 0.799. The van der Waals surface area contributed by atoms with Crippen LogP contribution in [0.5, 0.6) is 0 Å². The maximum atomic E-state index is 12.1. The van der Waals surface area contributed by atoms with E-state index in [0.717, 1.165) is 42.5 Å². The summed E-state index contributed by atoms with van der Waals surface area (Å²) in [6, 6.07) is 11.9. The largest absolute Gasteiger partial charge is 0.348 e. The standard InChI is InChI=1S/C20H23N3OS/c1-13-5-3-6-17(14(13)2)21-20(25)22-10-15-9-16(12-22)18-7-4-8-19(24)23(18)11-15/h3-8,15-16H,9-12H2,1-2H3,(H,21,25)/t15-,16+/m1/s1. The minimum absolute atomic E-state index is 0.122. The average molecular weight is 353 g/mol. The van der Waals surface area contributed by atoms with E-state index < -0.39 is 0 Å². The van der Waals surface area contributed by atoms with Crippen LogP contribution in [0.4, 0.5) is 5.69 Å². The van der Waals surface area contributed by atoms with Crippen LogP contribution in [-0.2, 0) is 6.54 Å². The molecule has 3 heterocycles. The third-order valence-corrected chi connectivity index (χ3v) is 5.97. The van der Waals surface area contributed by atoms with Crippen molar-refractivity contribution in [3.63, 3.8) is 0 Å². The molecule has 0 saturated carbocycles. The summed E-state index contributed by atoms with van der Waals surface area (Å²) in [6.07, 6.45) is 1.14. The number of nitrogens with one attached hydrogen (secondary N) is 1. The molecule has 1 saturated heterocycles. The summed E-state index contributed by atoms with van der Waals surface area (Å²) in [4.78, 5) is 14.4. The van der Waals surface area contributed by atoms with Crippen LogP contribution in [0.25, 0.3) is 0 Å². The van der Waals surface area contributed by atoms with Gasteiger partial charge in [-0.3, -0.25) is 4.79 Å². The van der Waals surface area contributed by atoms with Gasteiger partial charge < -0.3 is 14.8 Å². The molecule has 0 radical (unpaired) electrons. The van der Waals surface area contributed by atoms with Crippen molar-refractivity contribution in [2.24, 2.45) is 5.92 Å². The summed E-state index contributed by atoms with van der Waals surface area (Å²) >= 11 is 5.71. The van der Waals surface area contributed by atoms with Gasteiger partial charge >= 0.3 is 0 Å². The Morgan fingerprint density at radius 2 is 1.92 bits per heavy atom. The van der Waals surface area contributed by atoms with E-state index in [0.29, 0.717) is 11.8 Å². The molecule has 0 amide bonds. The van der Waals surface area contributed by atoms with Gasteiger partial charge in [-0.15, -0.1) is 0 Å². The van der Waals surface area contributed by atoms with Crippen LogP contribution in [0.3, 0.4) is 0 Å². The number of benzene rings is 1. The molecule has 2 atom stereocenters. The third-order valence-electron chi connectivity index (χ3n) is 5.61. The molecule has 1 N–H and O–H groups in total. The normalized spacial score (nSPS) is 21.6. The van der Waals surface area contributed by atoms with E-state index in [2.05, 4.69) is 48.3 Å². The van der Waals surface area contributed by atoms with Crippen LogP contribution < -0.4 is 10.9 Å². The summed E-state index contributed by atoms with van der Waals surface area (Å²) in [5.74, 6) is 0.851. The molecule has 130 valence electrons. The van der Waals surface area contributed by atoms with Crippen molar-refractivity contribution in [3.05, 3.63) is 63.6 Å². The molecule has 5 heteroatoms. The lowest BCUT2D eigenvalue weighted by Gasteiger charge is -2.43. The number of hydrogen-bond acceptors (Lipinski definition) is 2. The topological polar surface area (TPSA) is 37.3 Å². The molecule has 2 aliphatic rings. The monoisotopic (exact) mass is 353 g/mol. The summed E-state index contributed by atoms with van der Waals surface area (Å²) in [6.45, 7) is 6.82. The summed E-state index contributed by atoms with van der Waals surface area (Å²) in [5, 5.41) is 4.22. The van der Waals surface area contributed by atoms with E-state index in [4.69, 9.17) is 12.2 Å². The first kappa shape index (κ1) is 16.3. The number of likely N-dealkylation sites (tertiary alicyclic amines) is 1. The molecule has 2 aromatic rings. The zero-order chi connectivity index (χ0) is 17.6. The van der Waals surface area contributed by atoms with E-state index in [1.54, 1.807) is 6.07 Å². The molecule has 0 spiro atoms. The molecule has 2 bridgehead atoms. The summed E-state index contributed by atoms with van der Waals surface area (Å²) in [7, 11) is 0. The van der Waals surface area contributed by atoms with Crippen LogP contribution in [0.2, 0.25) is 0 Å². The van der Waals surface area contributed by atoms with E-state index in [9.17, 15) is 4.79 Å². The molecule has 0 unspecified atom stereocenters. The fourth-order valence-corrected chi connectivity index (χ4v) is 4.40. The second-order valence-corrected chi connectivity index (χ2v) is 7.67. The number of piperidine rings is 1. The van der Waals surface area contributed by atoms with Gasteiger partial charge in [-0.2, -0.15) is 0 Å². The Labute approximate surface area is 153 Å². The molecule has 4 rings (SSSR count). The number of nitrogens with zero attached hydrogens (tertiary/aromatic N) is 2. The van der Waals surface area contributed by atoms with Gasteiger partial charge in [-0.05, 0) is 61.7 Å². The van der Waals surface area contributed by atoms with Gasteiger partial charge in [0.15, 0.2) is 5.11 Å². The number of aryl methyl sites for hydroxylation is 1. The molecule has 4 nitrogen and oxygen atoms in total.